The van der Waals surface area contributed by atoms with E-state index in [1.54, 1.807) is 24.3 Å². The maximum atomic E-state index is 11.5. The number of ether oxygens (including phenoxy) is 1. The van der Waals surface area contributed by atoms with Gasteiger partial charge in [0.1, 0.15) is 5.75 Å². The van der Waals surface area contributed by atoms with Gasteiger partial charge >= 0.3 is 0 Å². The third-order valence-corrected chi connectivity index (χ3v) is 7.08. The zero-order chi connectivity index (χ0) is 21.6. The molecule has 0 saturated carbocycles. The number of sulfone groups is 1. The summed E-state index contributed by atoms with van der Waals surface area (Å²) in [7, 11) is -3.17. The van der Waals surface area contributed by atoms with Gasteiger partial charge in [-0.25, -0.2) is 18.4 Å². The Morgan fingerprint density at radius 3 is 2.33 bits per heavy atom. The number of nitrogens with zero attached hydrogens (tertiary/aromatic N) is 3. The monoisotopic (exact) mass is 431 g/mol. The Morgan fingerprint density at radius 1 is 1.13 bits per heavy atom. The summed E-state index contributed by atoms with van der Waals surface area (Å²) in [4.78, 5) is 11.7. The Hall–Kier alpha value is -2.15. The van der Waals surface area contributed by atoms with Gasteiger partial charge in [0, 0.05) is 31.7 Å². The molecule has 1 aromatic heterocycles. The number of aromatic nitrogens is 2. The molecule has 0 unspecified atom stereocenters. The number of rotatable bonds is 9. The lowest BCUT2D eigenvalue weighted by molar-refractivity contribution is 0.222. The van der Waals surface area contributed by atoms with Crippen LogP contribution in [0.25, 0.3) is 0 Å². The van der Waals surface area contributed by atoms with Gasteiger partial charge in [-0.05, 0) is 67.3 Å². The molecule has 2 heterocycles. The van der Waals surface area contributed by atoms with Crippen molar-refractivity contribution < 1.29 is 13.2 Å². The number of benzene rings is 1. The molecule has 1 aromatic carbocycles. The molecule has 0 spiro atoms. The number of aryl methyl sites for hydroxylation is 1. The van der Waals surface area contributed by atoms with Crippen molar-refractivity contribution >= 4 is 15.8 Å². The highest BCUT2D eigenvalue weighted by atomic mass is 32.2. The minimum Gasteiger partial charge on any atom is -0.494 e. The van der Waals surface area contributed by atoms with Crippen LogP contribution in [-0.2, 0) is 16.3 Å². The average molecular weight is 432 g/mol. The fourth-order valence-corrected chi connectivity index (χ4v) is 4.61. The molecule has 1 saturated heterocycles. The van der Waals surface area contributed by atoms with E-state index in [4.69, 9.17) is 4.74 Å². The van der Waals surface area contributed by atoms with Crippen LogP contribution in [0.3, 0.4) is 0 Å². The summed E-state index contributed by atoms with van der Waals surface area (Å²) in [5, 5.41) is 0. The van der Waals surface area contributed by atoms with E-state index in [0.29, 0.717) is 29.1 Å². The van der Waals surface area contributed by atoms with E-state index in [2.05, 4.69) is 28.7 Å². The summed E-state index contributed by atoms with van der Waals surface area (Å²) in [6.07, 6.45) is 10.5. The Morgan fingerprint density at radius 2 is 1.77 bits per heavy atom. The predicted molar refractivity (Wildman–Crippen MR) is 120 cm³/mol. The molecular weight excluding hydrogens is 398 g/mol. The van der Waals surface area contributed by atoms with E-state index < -0.39 is 9.84 Å². The molecule has 1 aliphatic heterocycles. The minimum absolute atomic E-state index is 0.318. The number of hydrogen-bond donors (Lipinski definition) is 0. The van der Waals surface area contributed by atoms with Crippen LogP contribution in [0.4, 0.5) is 5.95 Å². The third kappa shape index (κ3) is 6.17. The Labute approximate surface area is 180 Å². The Balaban J connectivity index is 1.41. The quantitative estimate of drug-likeness (QED) is 0.594. The number of anilines is 1. The smallest absolute Gasteiger partial charge is 0.225 e. The maximum Gasteiger partial charge on any atom is 0.225 e. The van der Waals surface area contributed by atoms with Crippen LogP contribution in [0.5, 0.6) is 5.75 Å². The van der Waals surface area contributed by atoms with Crippen LogP contribution in [0, 0.1) is 11.8 Å². The molecule has 1 aliphatic rings. The molecular formula is C23H33N3O3S. The Bertz CT molecular complexity index is 890. The van der Waals surface area contributed by atoms with Gasteiger partial charge < -0.3 is 9.64 Å². The fraction of sp³-hybridized carbons (Fsp3) is 0.565. The summed E-state index contributed by atoms with van der Waals surface area (Å²) in [5.74, 6) is 2.82. The maximum absolute atomic E-state index is 11.5. The van der Waals surface area contributed by atoms with Crippen molar-refractivity contribution in [3.05, 3.63) is 42.2 Å². The zero-order valence-electron chi connectivity index (χ0n) is 18.3. The van der Waals surface area contributed by atoms with Gasteiger partial charge in [0.25, 0.3) is 0 Å². The second kappa shape index (κ2) is 10.2. The second-order valence-electron chi connectivity index (χ2n) is 8.32. The summed E-state index contributed by atoms with van der Waals surface area (Å²) in [6, 6.07) is 6.65. The summed E-state index contributed by atoms with van der Waals surface area (Å²) >= 11 is 0. The minimum atomic E-state index is -3.17. The second-order valence-corrected chi connectivity index (χ2v) is 10.3. The van der Waals surface area contributed by atoms with Crippen molar-refractivity contribution in [3.8, 4) is 5.75 Å². The molecule has 30 heavy (non-hydrogen) atoms. The standard InChI is InChI=1S/C23H33N3O3S/c1-4-5-19-16-24-23(25-17-19)26-13-10-20(11-14-26)18(2)12-15-29-21-6-8-22(9-7-21)30(3,27)28/h6-9,16-18,20H,4-5,10-15H2,1-3H3/t18-/m1/s1. The first kappa shape index (κ1) is 22.5. The van der Waals surface area contributed by atoms with Crippen LogP contribution in [0.1, 0.15) is 45.1 Å². The highest BCUT2D eigenvalue weighted by Gasteiger charge is 2.25. The van der Waals surface area contributed by atoms with Gasteiger partial charge in [-0.3, -0.25) is 0 Å². The summed E-state index contributed by atoms with van der Waals surface area (Å²) in [6.45, 7) is 7.10. The molecule has 0 bridgehead atoms. The highest BCUT2D eigenvalue weighted by Crippen LogP contribution is 2.28. The van der Waals surface area contributed by atoms with Crippen LogP contribution >= 0.6 is 0 Å². The van der Waals surface area contributed by atoms with Crippen molar-refractivity contribution in [1.29, 1.82) is 0 Å². The van der Waals surface area contributed by atoms with Crippen molar-refractivity contribution in [2.45, 2.75) is 50.8 Å². The van der Waals surface area contributed by atoms with Crippen LogP contribution in [0.15, 0.2) is 41.6 Å². The van der Waals surface area contributed by atoms with E-state index in [-0.39, 0.29) is 0 Å². The summed E-state index contributed by atoms with van der Waals surface area (Å²) in [5.41, 5.74) is 1.20. The van der Waals surface area contributed by atoms with Crippen molar-refractivity contribution in [1.82, 2.24) is 9.97 Å². The Kier molecular flexibility index (Phi) is 7.69. The molecule has 1 fully saturated rings. The van der Waals surface area contributed by atoms with Gasteiger partial charge in [0.05, 0.1) is 11.5 Å². The lowest BCUT2D eigenvalue weighted by Crippen LogP contribution is -2.37. The first-order chi connectivity index (χ1) is 14.4. The molecule has 7 heteroatoms. The van der Waals surface area contributed by atoms with Gasteiger partial charge in [-0.1, -0.05) is 20.3 Å². The molecule has 1 atom stereocenters. The SMILES string of the molecule is CCCc1cnc(N2CCC([C@H](C)CCOc3ccc(S(C)(=O)=O)cc3)CC2)nc1. The van der Waals surface area contributed by atoms with E-state index in [9.17, 15) is 8.42 Å². The van der Waals surface area contributed by atoms with Gasteiger partial charge in [-0.15, -0.1) is 0 Å². The van der Waals surface area contributed by atoms with Gasteiger partial charge in [0.2, 0.25) is 5.95 Å². The number of piperidine rings is 1. The van der Waals surface area contributed by atoms with E-state index in [1.165, 1.54) is 11.8 Å². The largest absolute Gasteiger partial charge is 0.494 e. The molecule has 0 radical (unpaired) electrons. The lowest BCUT2D eigenvalue weighted by atomic mass is 9.84. The van der Waals surface area contributed by atoms with Crippen molar-refractivity contribution in [3.63, 3.8) is 0 Å². The predicted octanol–water partition coefficient (Wildman–Crippen LogP) is 4.15. The van der Waals surface area contributed by atoms with Crippen molar-refractivity contribution in [2.24, 2.45) is 11.8 Å². The first-order valence-electron chi connectivity index (χ1n) is 10.9. The molecule has 6 nitrogen and oxygen atoms in total. The fourth-order valence-electron chi connectivity index (χ4n) is 3.98. The van der Waals surface area contributed by atoms with Crippen LogP contribution in [-0.4, -0.2) is 44.3 Å². The third-order valence-electron chi connectivity index (χ3n) is 5.95. The molecule has 3 rings (SSSR count). The highest BCUT2D eigenvalue weighted by molar-refractivity contribution is 7.90. The van der Waals surface area contributed by atoms with E-state index in [0.717, 1.165) is 51.1 Å². The van der Waals surface area contributed by atoms with E-state index in [1.807, 2.05) is 12.4 Å². The molecule has 164 valence electrons. The van der Waals surface area contributed by atoms with Crippen LogP contribution in [0.2, 0.25) is 0 Å². The van der Waals surface area contributed by atoms with Gasteiger partial charge in [0.15, 0.2) is 9.84 Å². The average Bonchev–Trinajstić information content (AvgIpc) is 2.74. The zero-order valence-corrected chi connectivity index (χ0v) is 19.1. The summed E-state index contributed by atoms with van der Waals surface area (Å²) < 4.78 is 28.9. The van der Waals surface area contributed by atoms with Gasteiger partial charge in [-0.2, -0.15) is 0 Å². The molecule has 2 aromatic rings. The van der Waals surface area contributed by atoms with Crippen molar-refractivity contribution in [2.75, 3.05) is 30.9 Å². The normalized spacial score (nSPS) is 16.4. The van der Waals surface area contributed by atoms with E-state index >= 15 is 0 Å². The lowest BCUT2D eigenvalue weighted by Gasteiger charge is -2.35. The molecule has 0 aliphatic carbocycles. The topological polar surface area (TPSA) is 72.4 Å². The van der Waals surface area contributed by atoms with Crippen LogP contribution < -0.4 is 9.64 Å². The first-order valence-corrected chi connectivity index (χ1v) is 12.7. The molecule has 0 N–H and O–H groups in total. The molecule has 0 amide bonds. The number of hydrogen-bond acceptors (Lipinski definition) is 6.